The molecule has 0 aliphatic carbocycles. The van der Waals surface area contributed by atoms with Crippen LogP contribution in [0.3, 0.4) is 0 Å². The molecule has 6 nitrogen and oxygen atoms in total. The van der Waals surface area contributed by atoms with Crippen LogP contribution < -0.4 is 0 Å². The Hall–Kier alpha value is -2.81. The molecule has 9 heteroatoms. The van der Waals surface area contributed by atoms with E-state index in [1.54, 1.807) is 11.0 Å². The highest BCUT2D eigenvalue weighted by molar-refractivity contribution is 7.15. The summed E-state index contributed by atoms with van der Waals surface area (Å²) in [5, 5.41) is 0. The topological polar surface area (TPSA) is 66.9 Å². The second-order valence-electron chi connectivity index (χ2n) is 5.87. The number of piperazine rings is 1. The van der Waals surface area contributed by atoms with Gasteiger partial charge in [-0.1, -0.05) is 0 Å². The lowest BCUT2D eigenvalue weighted by Crippen LogP contribution is -2.50. The minimum atomic E-state index is -1.08. The Morgan fingerprint density at radius 3 is 2.07 bits per heavy atom. The van der Waals surface area contributed by atoms with Gasteiger partial charge in [-0.15, -0.1) is 11.3 Å². The fourth-order valence-corrected chi connectivity index (χ4v) is 3.64. The van der Waals surface area contributed by atoms with E-state index in [0.29, 0.717) is 22.8 Å². The molecule has 0 atom stereocenters. The highest BCUT2D eigenvalue weighted by atomic mass is 32.1. The molecule has 1 aromatic heterocycles. The van der Waals surface area contributed by atoms with Crippen LogP contribution in [-0.2, 0) is 4.74 Å². The summed E-state index contributed by atoms with van der Waals surface area (Å²) in [4.78, 5) is 40.3. The van der Waals surface area contributed by atoms with Crippen molar-refractivity contribution in [2.45, 2.75) is 0 Å². The molecule has 2 amide bonds. The van der Waals surface area contributed by atoms with Gasteiger partial charge in [-0.25, -0.2) is 13.6 Å². The van der Waals surface area contributed by atoms with Crippen molar-refractivity contribution in [3.8, 4) is 0 Å². The zero-order valence-corrected chi connectivity index (χ0v) is 15.2. The van der Waals surface area contributed by atoms with Gasteiger partial charge < -0.3 is 14.5 Å². The molecule has 2 heterocycles. The number of benzene rings is 1. The maximum Gasteiger partial charge on any atom is 0.348 e. The maximum atomic E-state index is 13.3. The van der Waals surface area contributed by atoms with Crippen molar-refractivity contribution < 1.29 is 27.9 Å². The predicted molar refractivity (Wildman–Crippen MR) is 93.8 cm³/mol. The van der Waals surface area contributed by atoms with Crippen LogP contribution in [0.1, 0.15) is 29.7 Å². The summed E-state index contributed by atoms with van der Waals surface area (Å²) in [5.74, 6) is -3.22. The number of carbonyl (C=O) groups excluding carboxylic acids is 3. The molecule has 0 radical (unpaired) electrons. The van der Waals surface area contributed by atoms with E-state index in [0.717, 1.165) is 23.5 Å². The summed E-state index contributed by atoms with van der Waals surface area (Å²) < 4.78 is 30.9. The summed E-state index contributed by atoms with van der Waals surface area (Å²) in [5.41, 5.74) is 0.0645. The summed E-state index contributed by atoms with van der Waals surface area (Å²) in [7, 11) is 1.27. The smallest absolute Gasteiger partial charge is 0.348 e. The first-order chi connectivity index (χ1) is 12.9. The van der Waals surface area contributed by atoms with Gasteiger partial charge in [0.25, 0.3) is 11.8 Å². The van der Waals surface area contributed by atoms with Gasteiger partial charge >= 0.3 is 5.97 Å². The van der Waals surface area contributed by atoms with E-state index in [1.165, 1.54) is 24.1 Å². The molecule has 1 saturated heterocycles. The molecule has 0 spiro atoms. The summed E-state index contributed by atoms with van der Waals surface area (Å²) in [6.07, 6.45) is 0. The zero-order valence-electron chi connectivity index (χ0n) is 14.4. The predicted octanol–water partition coefficient (Wildman–Crippen LogP) is 2.41. The Labute approximate surface area is 157 Å². The molecule has 0 saturated carbocycles. The van der Waals surface area contributed by atoms with Crippen LogP contribution in [0.25, 0.3) is 0 Å². The third-order valence-electron chi connectivity index (χ3n) is 4.22. The van der Waals surface area contributed by atoms with Crippen LogP contribution in [0.15, 0.2) is 30.3 Å². The van der Waals surface area contributed by atoms with Crippen LogP contribution in [-0.4, -0.2) is 60.9 Å². The van der Waals surface area contributed by atoms with E-state index in [1.807, 2.05) is 0 Å². The van der Waals surface area contributed by atoms with Gasteiger partial charge in [0.1, 0.15) is 4.88 Å². The molecule has 142 valence electrons. The fourth-order valence-electron chi connectivity index (χ4n) is 2.74. The van der Waals surface area contributed by atoms with Gasteiger partial charge in [0, 0.05) is 31.7 Å². The number of nitrogens with zero attached hydrogens (tertiary/aromatic N) is 2. The number of carbonyl (C=O) groups is 3. The average molecular weight is 394 g/mol. The zero-order chi connectivity index (χ0) is 19.6. The standard InChI is InChI=1S/C18H16F2N2O4S/c1-26-18(25)15-5-4-14(27-15)17(24)22-8-6-21(7-9-22)16(23)11-2-3-12(19)13(20)10-11/h2-5,10H,6-9H2,1H3. The molecule has 1 aromatic carbocycles. The van der Waals surface area contributed by atoms with Crippen LogP contribution in [0.4, 0.5) is 8.78 Å². The first-order valence-corrected chi connectivity index (χ1v) is 8.94. The number of amides is 2. The maximum absolute atomic E-state index is 13.3. The molecule has 0 unspecified atom stereocenters. The number of hydrogen-bond donors (Lipinski definition) is 0. The third-order valence-corrected chi connectivity index (χ3v) is 5.28. The minimum absolute atomic E-state index is 0.0645. The summed E-state index contributed by atoms with van der Waals surface area (Å²) in [6, 6.07) is 6.12. The first kappa shape index (κ1) is 19.0. The largest absolute Gasteiger partial charge is 0.465 e. The van der Waals surface area contributed by atoms with E-state index in [4.69, 9.17) is 0 Å². The molecular formula is C18H16F2N2O4S. The summed E-state index contributed by atoms with van der Waals surface area (Å²) >= 11 is 1.05. The Bertz CT molecular complexity index is 891. The first-order valence-electron chi connectivity index (χ1n) is 8.12. The van der Waals surface area contributed by atoms with Gasteiger partial charge in [-0.3, -0.25) is 9.59 Å². The molecule has 0 N–H and O–H groups in total. The van der Waals surface area contributed by atoms with Gasteiger partial charge in [0.2, 0.25) is 0 Å². The highest BCUT2D eigenvalue weighted by Crippen LogP contribution is 2.20. The van der Waals surface area contributed by atoms with Crippen LogP contribution >= 0.6 is 11.3 Å². The van der Waals surface area contributed by atoms with Crippen molar-refractivity contribution in [2.24, 2.45) is 0 Å². The van der Waals surface area contributed by atoms with Crippen LogP contribution in [0.2, 0.25) is 0 Å². The Morgan fingerprint density at radius 2 is 1.48 bits per heavy atom. The number of halogens is 2. The van der Waals surface area contributed by atoms with Crippen LogP contribution in [0.5, 0.6) is 0 Å². The normalized spacial score (nSPS) is 14.2. The number of esters is 1. The molecule has 3 rings (SSSR count). The Balaban J connectivity index is 1.62. The highest BCUT2D eigenvalue weighted by Gasteiger charge is 2.27. The second-order valence-corrected chi connectivity index (χ2v) is 6.95. The number of ether oxygens (including phenoxy) is 1. The van der Waals surface area contributed by atoms with Crippen LogP contribution in [0, 0.1) is 11.6 Å². The second kappa shape index (κ2) is 7.83. The molecule has 0 bridgehead atoms. The monoisotopic (exact) mass is 394 g/mol. The van der Waals surface area contributed by atoms with E-state index in [-0.39, 0.29) is 24.6 Å². The lowest BCUT2D eigenvalue weighted by molar-refractivity contribution is 0.0538. The van der Waals surface area contributed by atoms with E-state index >= 15 is 0 Å². The van der Waals surface area contributed by atoms with Gasteiger partial charge in [-0.2, -0.15) is 0 Å². The quantitative estimate of drug-likeness (QED) is 0.750. The van der Waals surface area contributed by atoms with Crippen molar-refractivity contribution in [3.05, 3.63) is 57.3 Å². The third kappa shape index (κ3) is 3.97. The Kier molecular flexibility index (Phi) is 5.50. The number of hydrogen-bond acceptors (Lipinski definition) is 5. The van der Waals surface area contributed by atoms with E-state index < -0.39 is 23.5 Å². The fraction of sp³-hybridized carbons (Fsp3) is 0.278. The van der Waals surface area contributed by atoms with Crippen molar-refractivity contribution in [1.82, 2.24) is 9.80 Å². The van der Waals surface area contributed by atoms with Gasteiger partial charge in [-0.05, 0) is 30.3 Å². The lowest BCUT2D eigenvalue weighted by atomic mass is 10.1. The average Bonchev–Trinajstić information content (AvgIpc) is 3.18. The molecule has 1 fully saturated rings. The Morgan fingerprint density at radius 1 is 0.889 bits per heavy atom. The van der Waals surface area contributed by atoms with Crippen molar-refractivity contribution >= 4 is 29.1 Å². The van der Waals surface area contributed by atoms with Gasteiger partial charge in [0.15, 0.2) is 11.6 Å². The molecular weight excluding hydrogens is 378 g/mol. The van der Waals surface area contributed by atoms with E-state index in [9.17, 15) is 23.2 Å². The SMILES string of the molecule is COC(=O)c1ccc(C(=O)N2CCN(C(=O)c3ccc(F)c(F)c3)CC2)s1. The molecule has 1 aliphatic rings. The van der Waals surface area contributed by atoms with Gasteiger partial charge in [0.05, 0.1) is 12.0 Å². The number of thiophene rings is 1. The molecule has 2 aromatic rings. The lowest BCUT2D eigenvalue weighted by Gasteiger charge is -2.34. The minimum Gasteiger partial charge on any atom is -0.465 e. The summed E-state index contributed by atoms with van der Waals surface area (Å²) in [6.45, 7) is 1.16. The molecule has 27 heavy (non-hydrogen) atoms. The van der Waals surface area contributed by atoms with E-state index in [2.05, 4.69) is 4.74 Å². The number of rotatable bonds is 3. The molecule has 1 aliphatic heterocycles. The van der Waals surface area contributed by atoms with Crippen molar-refractivity contribution in [2.75, 3.05) is 33.3 Å². The van der Waals surface area contributed by atoms with Crippen molar-refractivity contribution in [1.29, 1.82) is 0 Å². The number of methoxy groups -OCH3 is 1. The van der Waals surface area contributed by atoms with Crippen molar-refractivity contribution in [3.63, 3.8) is 0 Å².